The molecule has 0 unspecified atom stereocenters. The van der Waals surface area contributed by atoms with E-state index in [9.17, 15) is 14.0 Å². The molecule has 3 rings (SSSR count). The van der Waals surface area contributed by atoms with E-state index < -0.39 is 11.8 Å². The number of carbonyl (C=O) groups is 2. The third kappa shape index (κ3) is 1.75. The van der Waals surface area contributed by atoms with Crippen molar-refractivity contribution in [3.05, 3.63) is 35.3 Å². The maximum absolute atomic E-state index is 14.1. The zero-order valence-electron chi connectivity index (χ0n) is 10.5. The van der Waals surface area contributed by atoms with Crippen LogP contribution in [0.4, 0.5) is 10.1 Å². The van der Waals surface area contributed by atoms with Gasteiger partial charge in [-0.2, -0.15) is 5.10 Å². The van der Waals surface area contributed by atoms with Crippen molar-refractivity contribution < 1.29 is 19.1 Å². The summed E-state index contributed by atoms with van der Waals surface area (Å²) in [5.74, 6) is -1.84. The summed E-state index contributed by atoms with van der Waals surface area (Å²) in [5, 5.41) is 15.0. The van der Waals surface area contributed by atoms with Crippen molar-refractivity contribution in [1.82, 2.24) is 10.2 Å². The van der Waals surface area contributed by atoms with Crippen molar-refractivity contribution in [3.8, 4) is 11.3 Å². The molecule has 7 heteroatoms. The van der Waals surface area contributed by atoms with Gasteiger partial charge in [-0.25, -0.2) is 9.18 Å². The quantitative estimate of drug-likeness (QED) is 0.868. The number of benzene rings is 1. The number of amides is 1. The number of rotatable bonds is 2. The molecule has 1 aromatic carbocycles. The Morgan fingerprint density at radius 2 is 2.20 bits per heavy atom. The van der Waals surface area contributed by atoms with Gasteiger partial charge in [-0.05, 0) is 23.8 Å². The van der Waals surface area contributed by atoms with E-state index >= 15 is 0 Å². The van der Waals surface area contributed by atoms with E-state index in [2.05, 4.69) is 10.2 Å². The average Bonchev–Trinajstić information content (AvgIpc) is 2.96. The lowest BCUT2D eigenvalue weighted by molar-refractivity contribution is -0.117. The Bertz CT molecular complexity index is 738. The van der Waals surface area contributed by atoms with Crippen LogP contribution >= 0.6 is 0 Å². The van der Waals surface area contributed by atoms with Gasteiger partial charge in [0.25, 0.3) is 0 Å². The van der Waals surface area contributed by atoms with Gasteiger partial charge < -0.3 is 10.0 Å². The van der Waals surface area contributed by atoms with Crippen LogP contribution in [0, 0.1) is 5.82 Å². The number of fused-ring (bicyclic) bond motifs is 1. The van der Waals surface area contributed by atoms with Crippen molar-refractivity contribution in [1.29, 1.82) is 0 Å². The second-order valence-electron chi connectivity index (χ2n) is 4.57. The summed E-state index contributed by atoms with van der Waals surface area (Å²) in [6, 6.07) is 4.22. The van der Waals surface area contributed by atoms with E-state index in [4.69, 9.17) is 5.11 Å². The minimum absolute atomic E-state index is 0.0749. The van der Waals surface area contributed by atoms with E-state index in [1.165, 1.54) is 24.1 Å². The van der Waals surface area contributed by atoms with Gasteiger partial charge in [0.1, 0.15) is 11.5 Å². The summed E-state index contributed by atoms with van der Waals surface area (Å²) in [6.45, 7) is 0. The van der Waals surface area contributed by atoms with E-state index in [0.717, 1.165) is 0 Å². The molecule has 0 bridgehead atoms. The number of H-pyrrole nitrogens is 1. The Morgan fingerprint density at radius 3 is 2.85 bits per heavy atom. The third-order valence-corrected chi connectivity index (χ3v) is 3.30. The second-order valence-corrected chi connectivity index (χ2v) is 4.57. The fourth-order valence-electron chi connectivity index (χ4n) is 2.30. The average molecular weight is 275 g/mol. The molecule has 0 atom stereocenters. The molecule has 0 saturated carbocycles. The first-order chi connectivity index (χ1) is 9.47. The normalized spacial score (nSPS) is 13.7. The summed E-state index contributed by atoms with van der Waals surface area (Å²) in [4.78, 5) is 23.7. The molecule has 0 radical (unpaired) electrons. The highest BCUT2D eigenvalue weighted by Crippen LogP contribution is 2.34. The fraction of sp³-hybridized carbons (Fsp3) is 0.154. The molecule has 20 heavy (non-hydrogen) atoms. The van der Waals surface area contributed by atoms with Crippen molar-refractivity contribution >= 4 is 17.6 Å². The molecule has 2 heterocycles. The highest BCUT2D eigenvalue weighted by atomic mass is 19.1. The Labute approximate surface area is 112 Å². The van der Waals surface area contributed by atoms with Crippen LogP contribution in [0.25, 0.3) is 11.3 Å². The van der Waals surface area contributed by atoms with E-state index in [1.54, 1.807) is 6.07 Å². The maximum Gasteiger partial charge on any atom is 0.353 e. The van der Waals surface area contributed by atoms with E-state index in [0.29, 0.717) is 16.8 Å². The Morgan fingerprint density at radius 1 is 1.45 bits per heavy atom. The van der Waals surface area contributed by atoms with Crippen LogP contribution < -0.4 is 4.90 Å². The SMILES string of the molecule is CN1C(=O)Cc2cc(-c3cc(C(=O)O)[nH]n3)cc(F)c21. The molecule has 1 aliphatic rings. The number of hydrogen-bond donors (Lipinski definition) is 2. The minimum atomic E-state index is -1.14. The monoisotopic (exact) mass is 275 g/mol. The molecule has 0 saturated heterocycles. The van der Waals surface area contributed by atoms with Gasteiger partial charge in [0.2, 0.25) is 5.91 Å². The van der Waals surface area contributed by atoms with Gasteiger partial charge in [0, 0.05) is 12.6 Å². The summed E-state index contributed by atoms with van der Waals surface area (Å²) in [6.07, 6.45) is 0.132. The van der Waals surface area contributed by atoms with Gasteiger partial charge >= 0.3 is 5.97 Å². The molecule has 1 amide bonds. The lowest BCUT2D eigenvalue weighted by Crippen LogP contribution is -2.21. The van der Waals surface area contributed by atoms with Gasteiger partial charge in [0.05, 0.1) is 17.8 Å². The van der Waals surface area contributed by atoms with Crippen molar-refractivity contribution in [3.63, 3.8) is 0 Å². The van der Waals surface area contributed by atoms with Gasteiger partial charge in [-0.15, -0.1) is 0 Å². The molecule has 0 spiro atoms. The third-order valence-electron chi connectivity index (χ3n) is 3.30. The first kappa shape index (κ1) is 12.3. The molecule has 0 aliphatic carbocycles. The second kappa shape index (κ2) is 4.16. The van der Waals surface area contributed by atoms with Crippen LogP contribution in [-0.2, 0) is 11.2 Å². The zero-order valence-corrected chi connectivity index (χ0v) is 10.5. The predicted molar refractivity (Wildman–Crippen MR) is 68.1 cm³/mol. The Balaban J connectivity index is 2.08. The smallest absolute Gasteiger partial charge is 0.353 e. The molecule has 6 nitrogen and oxygen atoms in total. The summed E-state index contributed by atoms with van der Waals surface area (Å²) < 4.78 is 14.1. The summed E-state index contributed by atoms with van der Waals surface area (Å²) in [5.41, 5.74) is 1.54. The number of carbonyl (C=O) groups excluding carboxylic acids is 1. The molecule has 0 fully saturated rings. The number of likely N-dealkylation sites (N-methyl/N-ethyl adjacent to an activating group) is 1. The summed E-state index contributed by atoms with van der Waals surface area (Å²) >= 11 is 0. The van der Waals surface area contributed by atoms with Gasteiger partial charge in [0.15, 0.2) is 0 Å². The van der Waals surface area contributed by atoms with E-state index in [-0.39, 0.29) is 23.7 Å². The van der Waals surface area contributed by atoms with E-state index in [1.807, 2.05) is 0 Å². The van der Waals surface area contributed by atoms with Gasteiger partial charge in [-0.1, -0.05) is 0 Å². The first-order valence-electron chi connectivity index (χ1n) is 5.85. The largest absolute Gasteiger partial charge is 0.477 e. The number of carboxylic acids is 1. The fourth-order valence-corrected chi connectivity index (χ4v) is 2.30. The number of nitrogens with one attached hydrogen (secondary N) is 1. The molecule has 102 valence electrons. The van der Waals surface area contributed by atoms with Crippen LogP contribution in [0.2, 0.25) is 0 Å². The van der Waals surface area contributed by atoms with Crippen LogP contribution in [0.15, 0.2) is 18.2 Å². The lowest BCUT2D eigenvalue weighted by atomic mass is 10.1. The number of halogens is 1. The number of anilines is 1. The van der Waals surface area contributed by atoms with Crippen LogP contribution in [-0.4, -0.2) is 34.2 Å². The molecular weight excluding hydrogens is 265 g/mol. The minimum Gasteiger partial charge on any atom is -0.477 e. The molecular formula is C13H10FN3O3. The highest BCUT2D eigenvalue weighted by molar-refractivity contribution is 6.01. The van der Waals surface area contributed by atoms with Gasteiger partial charge in [-0.3, -0.25) is 9.89 Å². The molecule has 2 N–H and O–H groups in total. The van der Waals surface area contributed by atoms with Crippen molar-refractivity contribution in [2.24, 2.45) is 0 Å². The summed E-state index contributed by atoms with van der Waals surface area (Å²) in [7, 11) is 1.52. The first-order valence-corrected chi connectivity index (χ1v) is 5.85. The molecule has 1 aliphatic heterocycles. The lowest BCUT2D eigenvalue weighted by Gasteiger charge is -2.11. The maximum atomic E-state index is 14.1. The Hall–Kier alpha value is -2.70. The number of aromatic carboxylic acids is 1. The topological polar surface area (TPSA) is 86.3 Å². The van der Waals surface area contributed by atoms with Crippen molar-refractivity contribution in [2.45, 2.75) is 6.42 Å². The van der Waals surface area contributed by atoms with Crippen LogP contribution in [0.1, 0.15) is 16.1 Å². The molecule has 2 aromatic rings. The number of hydrogen-bond acceptors (Lipinski definition) is 3. The van der Waals surface area contributed by atoms with Crippen molar-refractivity contribution in [2.75, 3.05) is 11.9 Å². The molecule has 1 aromatic heterocycles. The standard InChI is InChI=1S/C13H10FN3O3/c1-17-11(18)4-7-2-6(3-8(14)12(7)17)9-5-10(13(19)20)16-15-9/h2-3,5H,4H2,1H3,(H,15,16)(H,19,20). The Kier molecular flexibility index (Phi) is 2.56. The number of carboxylic acid groups (broad SMARTS) is 1. The zero-order chi connectivity index (χ0) is 14.4. The van der Waals surface area contributed by atoms with Crippen LogP contribution in [0.5, 0.6) is 0 Å². The predicted octanol–water partition coefficient (Wildman–Crippen LogP) is 1.43. The van der Waals surface area contributed by atoms with Crippen LogP contribution in [0.3, 0.4) is 0 Å². The number of nitrogens with zero attached hydrogens (tertiary/aromatic N) is 2. The highest BCUT2D eigenvalue weighted by Gasteiger charge is 2.28. The number of aromatic nitrogens is 2. The number of aromatic amines is 1.